The first-order valence-electron chi connectivity index (χ1n) is 11.6. The Hall–Kier alpha value is -4.13. The van der Waals surface area contributed by atoms with Gasteiger partial charge in [0.05, 0.1) is 6.61 Å². The second-order valence-corrected chi connectivity index (χ2v) is 8.04. The molecule has 0 saturated carbocycles. The van der Waals surface area contributed by atoms with E-state index in [1.54, 1.807) is 31.2 Å². The number of para-hydroxylation sites is 1. The third kappa shape index (κ3) is 8.76. The van der Waals surface area contributed by atoms with Crippen LogP contribution < -0.4 is 5.73 Å². The molecule has 0 amide bonds. The van der Waals surface area contributed by atoms with Crippen LogP contribution in [0.3, 0.4) is 0 Å². The molecule has 1 saturated heterocycles. The minimum absolute atomic E-state index is 0.00236. The van der Waals surface area contributed by atoms with Crippen LogP contribution in [0.25, 0.3) is 6.08 Å². The summed E-state index contributed by atoms with van der Waals surface area (Å²) in [6, 6.07) is 6.59. The van der Waals surface area contributed by atoms with Crippen LogP contribution in [0.4, 0.5) is 5.69 Å². The summed E-state index contributed by atoms with van der Waals surface area (Å²) in [6.45, 7) is 5.55. The van der Waals surface area contributed by atoms with Crippen molar-refractivity contribution in [3.05, 3.63) is 35.6 Å². The zero-order valence-corrected chi connectivity index (χ0v) is 21.7. The number of benzene rings is 1. The molecule has 38 heavy (non-hydrogen) atoms. The van der Waals surface area contributed by atoms with E-state index in [1.165, 1.54) is 6.08 Å². The fraction of sp³-hybridized carbons (Fsp3) is 0.480. The van der Waals surface area contributed by atoms with Crippen molar-refractivity contribution >= 4 is 41.6 Å². The van der Waals surface area contributed by atoms with Crippen molar-refractivity contribution in [3.63, 3.8) is 0 Å². The number of nitrogens with two attached hydrogens (primary N) is 1. The lowest BCUT2D eigenvalue weighted by Crippen LogP contribution is -2.63. The van der Waals surface area contributed by atoms with Gasteiger partial charge in [0.2, 0.25) is 18.2 Å². The minimum atomic E-state index is -1.61. The first-order chi connectivity index (χ1) is 17.9. The molecular weight excluding hydrogens is 506 g/mol. The van der Waals surface area contributed by atoms with Crippen LogP contribution in [0, 0.1) is 0 Å². The summed E-state index contributed by atoms with van der Waals surface area (Å²) in [6.07, 6.45) is -5.95. The highest BCUT2D eigenvalue weighted by atomic mass is 16.7. The van der Waals surface area contributed by atoms with Crippen LogP contribution in [-0.4, -0.2) is 73.8 Å². The molecule has 2 rings (SSSR count). The van der Waals surface area contributed by atoms with Crippen LogP contribution in [0.5, 0.6) is 0 Å². The van der Waals surface area contributed by atoms with Gasteiger partial charge in [-0.2, -0.15) is 0 Å². The quantitative estimate of drug-likeness (QED) is 0.149. The number of anilines is 1. The standard InChI is InChI=1S/C25H31NO12/c1-6-32-24(31)19(11-17-9-7-8-10-18(17)26)37-25-23(36-16(5)30)22(35-15(4)29)21(34-14(3)28)20(38-25)12-33-13(2)27/h7-11,20-23,25H,6,12,26H2,1-5H3/b19-11-/t20-,21?,22+,23-,25-/m1/s1. The van der Waals surface area contributed by atoms with Crippen LogP contribution >= 0.6 is 0 Å². The summed E-state index contributed by atoms with van der Waals surface area (Å²) >= 11 is 0. The molecule has 1 aliphatic rings. The van der Waals surface area contributed by atoms with Gasteiger partial charge in [0.1, 0.15) is 12.7 Å². The largest absolute Gasteiger partial charge is 0.463 e. The fourth-order valence-electron chi connectivity index (χ4n) is 3.54. The number of nitrogen functional groups attached to an aromatic ring is 1. The Morgan fingerprint density at radius 2 is 1.39 bits per heavy atom. The van der Waals surface area contributed by atoms with Gasteiger partial charge in [0.25, 0.3) is 0 Å². The first kappa shape index (κ1) is 30.1. The zero-order valence-electron chi connectivity index (χ0n) is 21.7. The van der Waals surface area contributed by atoms with Gasteiger partial charge < -0.3 is 38.9 Å². The van der Waals surface area contributed by atoms with Crippen molar-refractivity contribution in [1.29, 1.82) is 0 Å². The third-order valence-electron chi connectivity index (χ3n) is 4.95. The summed E-state index contributed by atoms with van der Waals surface area (Å²) in [5, 5.41) is 0. The SMILES string of the molecule is CCOC(=O)/C(=C/c1ccccc1N)O[C@@H]1O[C@H](COC(C)=O)C(OC(C)=O)[C@H](OC(C)=O)[C@H]1OC(C)=O. The number of hydrogen-bond donors (Lipinski definition) is 1. The van der Waals surface area contributed by atoms with Crippen molar-refractivity contribution in [3.8, 4) is 0 Å². The molecule has 1 heterocycles. The number of hydrogen-bond acceptors (Lipinski definition) is 13. The second kappa shape index (κ2) is 14.0. The predicted octanol–water partition coefficient (Wildman–Crippen LogP) is 1.27. The van der Waals surface area contributed by atoms with E-state index in [-0.39, 0.29) is 12.4 Å². The average Bonchev–Trinajstić information content (AvgIpc) is 2.81. The van der Waals surface area contributed by atoms with Crippen LogP contribution in [0.1, 0.15) is 40.2 Å². The second-order valence-electron chi connectivity index (χ2n) is 8.04. The summed E-state index contributed by atoms with van der Waals surface area (Å²) in [5.41, 5.74) is 6.72. The average molecular weight is 538 g/mol. The topological polar surface area (TPSA) is 176 Å². The van der Waals surface area contributed by atoms with Gasteiger partial charge in [-0.3, -0.25) is 19.2 Å². The Morgan fingerprint density at radius 3 is 1.95 bits per heavy atom. The molecule has 1 aromatic rings. The van der Waals surface area contributed by atoms with Gasteiger partial charge in [-0.05, 0) is 19.1 Å². The molecule has 0 radical (unpaired) electrons. The van der Waals surface area contributed by atoms with Crippen LogP contribution in [-0.2, 0) is 57.1 Å². The molecule has 13 nitrogen and oxygen atoms in total. The molecule has 1 aromatic carbocycles. The highest BCUT2D eigenvalue weighted by molar-refractivity contribution is 5.92. The van der Waals surface area contributed by atoms with Crippen molar-refractivity contribution in [2.45, 2.75) is 65.3 Å². The smallest absolute Gasteiger partial charge is 0.373 e. The van der Waals surface area contributed by atoms with E-state index in [0.29, 0.717) is 11.3 Å². The Morgan fingerprint density at radius 1 is 0.816 bits per heavy atom. The zero-order chi connectivity index (χ0) is 28.4. The first-order valence-corrected chi connectivity index (χ1v) is 11.6. The number of carbonyl (C=O) groups excluding carboxylic acids is 5. The van der Waals surface area contributed by atoms with Crippen LogP contribution in [0.15, 0.2) is 30.0 Å². The maximum Gasteiger partial charge on any atom is 0.373 e. The Balaban J connectivity index is 2.59. The minimum Gasteiger partial charge on any atom is -0.463 e. The molecular formula is C25H31NO12. The lowest BCUT2D eigenvalue weighted by atomic mass is 9.98. The predicted molar refractivity (Wildman–Crippen MR) is 129 cm³/mol. The Bertz CT molecular complexity index is 1070. The van der Waals surface area contributed by atoms with Crippen molar-refractivity contribution in [2.75, 3.05) is 18.9 Å². The van der Waals surface area contributed by atoms with Crippen molar-refractivity contribution in [1.82, 2.24) is 0 Å². The molecule has 13 heteroatoms. The van der Waals surface area contributed by atoms with E-state index in [1.807, 2.05) is 0 Å². The van der Waals surface area contributed by atoms with E-state index >= 15 is 0 Å². The normalized spacial score (nSPS) is 23.0. The molecule has 0 aromatic heterocycles. The molecule has 0 aliphatic carbocycles. The Labute approximate surface area is 219 Å². The molecule has 0 spiro atoms. The molecule has 208 valence electrons. The summed E-state index contributed by atoms with van der Waals surface area (Å²) in [5.74, 6) is -4.37. The van der Waals surface area contributed by atoms with Gasteiger partial charge >= 0.3 is 29.8 Å². The van der Waals surface area contributed by atoms with E-state index in [2.05, 4.69) is 0 Å². The summed E-state index contributed by atoms with van der Waals surface area (Å²) < 4.78 is 37.9. The maximum atomic E-state index is 12.8. The number of rotatable bonds is 10. The maximum absolute atomic E-state index is 12.8. The van der Waals surface area contributed by atoms with Crippen molar-refractivity contribution in [2.24, 2.45) is 0 Å². The van der Waals surface area contributed by atoms with Gasteiger partial charge in [0, 0.05) is 38.9 Å². The van der Waals surface area contributed by atoms with Crippen molar-refractivity contribution < 1.29 is 57.1 Å². The summed E-state index contributed by atoms with van der Waals surface area (Å²) in [7, 11) is 0. The van der Waals surface area contributed by atoms with Gasteiger partial charge in [0.15, 0.2) is 12.2 Å². The molecule has 5 atom stereocenters. The number of carbonyl (C=O) groups is 5. The van der Waals surface area contributed by atoms with E-state index in [9.17, 15) is 24.0 Å². The molecule has 1 fully saturated rings. The molecule has 1 aliphatic heterocycles. The molecule has 1 unspecified atom stereocenters. The van der Waals surface area contributed by atoms with E-state index < -0.39 is 67.2 Å². The van der Waals surface area contributed by atoms with Gasteiger partial charge in [-0.25, -0.2) is 4.79 Å². The molecule has 0 bridgehead atoms. The highest BCUT2D eigenvalue weighted by Gasteiger charge is 2.53. The monoisotopic (exact) mass is 537 g/mol. The number of esters is 5. The Kier molecular flexibility index (Phi) is 11.1. The lowest BCUT2D eigenvalue weighted by Gasteiger charge is -2.43. The van der Waals surface area contributed by atoms with Gasteiger partial charge in [-0.15, -0.1) is 0 Å². The lowest BCUT2D eigenvalue weighted by molar-refractivity contribution is -0.299. The van der Waals surface area contributed by atoms with Crippen LogP contribution in [0.2, 0.25) is 0 Å². The number of ether oxygens (including phenoxy) is 7. The molecule has 2 N–H and O–H groups in total. The van der Waals surface area contributed by atoms with E-state index in [4.69, 9.17) is 38.9 Å². The fourth-order valence-corrected chi connectivity index (χ4v) is 3.54. The third-order valence-corrected chi connectivity index (χ3v) is 4.95. The van der Waals surface area contributed by atoms with E-state index in [0.717, 1.165) is 27.7 Å². The summed E-state index contributed by atoms with van der Waals surface area (Å²) in [4.78, 5) is 60.1. The van der Waals surface area contributed by atoms with Gasteiger partial charge in [-0.1, -0.05) is 18.2 Å². The highest BCUT2D eigenvalue weighted by Crippen LogP contribution is 2.31.